The molecular formula is C18H16BrFN2O2. The smallest absolute Gasteiger partial charge is 0.252 e. The molecule has 2 amide bonds. The number of rotatable bonds is 4. The predicted molar refractivity (Wildman–Crippen MR) is 93.3 cm³/mol. The molecule has 6 heteroatoms. The molecule has 0 unspecified atom stereocenters. The van der Waals surface area contributed by atoms with E-state index >= 15 is 0 Å². The Kier molecular flexibility index (Phi) is 4.94. The van der Waals surface area contributed by atoms with Crippen molar-refractivity contribution in [2.24, 2.45) is 0 Å². The van der Waals surface area contributed by atoms with Crippen LogP contribution in [0.25, 0.3) is 0 Å². The highest BCUT2D eigenvalue weighted by molar-refractivity contribution is 9.10. The Labute approximate surface area is 147 Å². The average Bonchev–Trinajstić information content (AvgIpc) is 3.01. The summed E-state index contributed by atoms with van der Waals surface area (Å²) in [5.41, 5.74) is 2.04. The van der Waals surface area contributed by atoms with Crippen LogP contribution in [-0.4, -0.2) is 18.4 Å². The zero-order valence-electron chi connectivity index (χ0n) is 12.9. The maximum atomic E-state index is 13.3. The van der Waals surface area contributed by atoms with Crippen LogP contribution in [0.5, 0.6) is 0 Å². The lowest BCUT2D eigenvalue weighted by Crippen LogP contribution is -2.24. The fourth-order valence-corrected chi connectivity index (χ4v) is 3.09. The first-order valence-corrected chi connectivity index (χ1v) is 8.46. The van der Waals surface area contributed by atoms with E-state index in [0.29, 0.717) is 17.4 Å². The van der Waals surface area contributed by atoms with Gasteiger partial charge in [0.25, 0.3) is 5.91 Å². The number of hydrogen-bond acceptors (Lipinski definition) is 2. The second-order valence-corrected chi connectivity index (χ2v) is 6.48. The molecule has 0 radical (unpaired) electrons. The number of carbonyl (C=O) groups is 2. The topological polar surface area (TPSA) is 49.4 Å². The Bertz CT molecular complexity index is 777. The lowest BCUT2D eigenvalue weighted by molar-refractivity contribution is -0.117. The van der Waals surface area contributed by atoms with Crippen molar-refractivity contribution in [2.75, 3.05) is 11.4 Å². The van der Waals surface area contributed by atoms with Crippen LogP contribution in [-0.2, 0) is 11.3 Å². The molecule has 1 N–H and O–H groups in total. The van der Waals surface area contributed by atoms with Gasteiger partial charge in [0.1, 0.15) is 5.82 Å². The molecule has 3 rings (SSSR count). The van der Waals surface area contributed by atoms with Crippen LogP contribution in [0.1, 0.15) is 28.8 Å². The van der Waals surface area contributed by atoms with Crippen LogP contribution in [0.3, 0.4) is 0 Å². The van der Waals surface area contributed by atoms with Crippen molar-refractivity contribution in [3.05, 3.63) is 63.9 Å². The molecule has 0 atom stereocenters. The van der Waals surface area contributed by atoms with Crippen LogP contribution < -0.4 is 10.2 Å². The van der Waals surface area contributed by atoms with E-state index in [4.69, 9.17) is 0 Å². The number of amides is 2. The SMILES string of the molecule is O=C(NCc1ccc(N2CCCC2=O)cc1)c1cc(F)ccc1Br. The van der Waals surface area contributed by atoms with E-state index in [0.717, 1.165) is 24.2 Å². The van der Waals surface area contributed by atoms with Gasteiger partial charge in [-0.2, -0.15) is 0 Å². The first-order valence-electron chi connectivity index (χ1n) is 7.67. The minimum atomic E-state index is -0.456. The van der Waals surface area contributed by atoms with E-state index in [1.165, 1.54) is 18.2 Å². The van der Waals surface area contributed by atoms with Gasteiger partial charge in [-0.05, 0) is 58.2 Å². The summed E-state index contributed by atoms with van der Waals surface area (Å²) in [7, 11) is 0. The van der Waals surface area contributed by atoms with Gasteiger partial charge in [0.05, 0.1) is 5.56 Å². The van der Waals surface area contributed by atoms with Crippen LogP contribution in [0.15, 0.2) is 46.9 Å². The molecule has 2 aromatic carbocycles. The second-order valence-electron chi connectivity index (χ2n) is 5.62. The van der Waals surface area contributed by atoms with Crippen LogP contribution in [0, 0.1) is 5.82 Å². The van der Waals surface area contributed by atoms with Crippen LogP contribution in [0.4, 0.5) is 10.1 Å². The fourth-order valence-electron chi connectivity index (χ4n) is 2.66. The second kappa shape index (κ2) is 7.13. The Hall–Kier alpha value is -2.21. The third kappa shape index (κ3) is 3.64. The summed E-state index contributed by atoms with van der Waals surface area (Å²) in [5, 5.41) is 2.76. The standard InChI is InChI=1S/C18H16BrFN2O2/c19-16-8-5-13(20)10-15(16)18(24)21-11-12-3-6-14(7-4-12)22-9-1-2-17(22)23/h3-8,10H,1-2,9,11H2,(H,21,24). The zero-order valence-corrected chi connectivity index (χ0v) is 14.5. The lowest BCUT2D eigenvalue weighted by atomic mass is 10.1. The molecule has 124 valence electrons. The molecule has 0 aromatic heterocycles. The van der Waals surface area contributed by atoms with Crippen molar-refractivity contribution in [1.82, 2.24) is 5.32 Å². The number of benzene rings is 2. The van der Waals surface area contributed by atoms with Crippen molar-refractivity contribution in [3.63, 3.8) is 0 Å². The summed E-state index contributed by atoms with van der Waals surface area (Å²) >= 11 is 3.25. The molecule has 1 saturated heterocycles. The highest BCUT2D eigenvalue weighted by Gasteiger charge is 2.21. The third-order valence-electron chi connectivity index (χ3n) is 3.95. The quantitative estimate of drug-likeness (QED) is 0.865. The molecule has 1 aliphatic rings. The number of halogens is 2. The average molecular weight is 391 g/mol. The largest absolute Gasteiger partial charge is 0.348 e. The normalized spacial score (nSPS) is 14.1. The van der Waals surface area contributed by atoms with Gasteiger partial charge in [-0.1, -0.05) is 12.1 Å². The summed E-state index contributed by atoms with van der Waals surface area (Å²) in [6.07, 6.45) is 1.49. The van der Waals surface area contributed by atoms with Gasteiger partial charge in [0.2, 0.25) is 5.91 Å². The molecule has 24 heavy (non-hydrogen) atoms. The molecule has 2 aromatic rings. The van der Waals surface area contributed by atoms with E-state index in [2.05, 4.69) is 21.2 Å². The van der Waals surface area contributed by atoms with Gasteiger partial charge in [0.15, 0.2) is 0 Å². The Morgan fingerprint density at radius 2 is 1.96 bits per heavy atom. The van der Waals surface area contributed by atoms with E-state index in [9.17, 15) is 14.0 Å². The first-order chi connectivity index (χ1) is 11.5. The van der Waals surface area contributed by atoms with E-state index < -0.39 is 5.82 Å². The molecule has 0 bridgehead atoms. The van der Waals surface area contributed by atoms with Crippen molar-refractivity contribution < 1.29 is 14.0 Å². The van der Waals surface area contributed by atoms with E-state index in [1.54, 1.807) is 4.90 Å². The summed E-state index contributed by atoms with van der Waals surface area (Å²) in [6.45, 7) is 1.08. The number of carbonyl (C=O) groups excluding carboxylic acids is 2. The van der Waals surface area contributed by atoms with Crippen molar-refractivity contribution in [3.8, 4) is 0 Å². The number of anilines is 1. The maximum absolute atomic E-state index is 13.3. The Balaban J connectivity index is 1.63. The van der Waals surface area contributed by atoms with Gasteiger partial charge < -0.3 is 10.2 Å². The van der Waals surface area contributed by atoms with Crippen molar-refractivity contribution >= 4 is 33.4 Å². The predicted octanol–water partition coefficient (Wildman–Crippen LogP) is 3.65. The number of hydrogen-bond donors (Lipinski definition) is 1. The third-order valence-corrected chi connectivity index (χ3v) is 4.64. The van der Waals surface area contributed by atoms with Gasteiger partial charge in [-0.15, -0.1) is 0 Å². The summed E-state index contributed by atoms with van der Waals surface area (Å²) in [4.78, 5) is 25.6. The van der Waals surface area contributed by atoms with Gasteiger partial charge in [-0.3, -0.25) is 9.59 Å². The molecule has 1 heterocycles. The Morgan fingerprint density at radius 3 is 2.62 bits per heavy atom. The minimum Gasteiger partial charge on any atom is -0.348 e. The van der Waals surface area contributed by atoms with Gasteiger partial charge >= 0.3 is 0 Å². The van der Waals surface area contributed by atoms with E-state index in [-0.39, 0.29) is 17.4 Å². The van der Waals surface area contributed by atoms with Gasteiger partial charge in [0, 0.05) is 29.7 Å². The Morgan fingerprint density at radius 1 is 1.21 bits per heavy atom. The highest BCUT2D eigenvalue weighted by atomic mass is 79.9. The zero-order chi connectivity index (χ0) is 17.1. The first kappa shape index (κ1) is 16.6. The summed E-state index contributed by atoms with van der Waals surface area (Å²) in [5.74, 6) is -0.657. The van der Waals surface area contributed by atoms with E-state index in [1.807, 2.05) is 24.3 Å². The van der Waals surface area contributed by atoms with Crippen LogP contribution >= 0.6 is 15.9 Å². The molecule has 4 nitrogen and oxygen atoms in total. The molecule has 1 aliphatic heterocycles. The highest BCUT2D eigenvalue weighted by Crippen LogP contribution is 2.22. The molecule has 0 spiro atoms. The van der Waals surface area contributed by atoms with Crippen LogP contribution in [0.2, 0.25) is 0 Å². The van der Waals surface area contributed by atoms with Gasteiger partial charge in [-0.25, -0.2) is 4.39 Å². The molecule has 0 saturated carbocycles. The minimum absolute atomic E-state index is 0.145. The molecule has 0 aliphatic carbocycles. The fraction of sp³-hybridized carbons (Fsp3) is 0.222. The number of nitrogens with zero attached hydrogens (tertiary/aromatic N) is 1. The van der Waals surface area contributed by atoms with Crippen molar-refractivity contribution in [1.29, 1.82) is 0 Å². The molecule has 1 fully saturated rings. The monoisotopic (exact) mass is 390 g/mol. The summed E-state index contributed by atoms with van der Waals surface area (Å²) < 4.78 is 13.8. The maximum Gasteiger partial charge on any atom is 0.252 e. The number of nitrogens with one attached hydrogen (secondary N) is 1. The van der Waals surface area contributed by atoms with Crippen molar-refractivity contribution in [2.45, 2.75) is 19.4 Å². The lowest BCUT2D eigenvalue weighted by Gasteiger charge is -2.16. The summed E-state index contributed by atoms with van der Waals surface area (Å²) in [6, 6.07) is 11.5. The molecular weight excluding hydrogens is 375 g/mol.